The predicted molar refractivity (Wildman–Crippen MR) is 107 cm³/mol. The normalized spacial score (nSPS) is 11.4. The van der Waals surface area contributed by atoms with Crippen molar-refractivity contribution in [3.05, 3.63) is 82.6 Å². The molecule has 1 atom stereocenters. The molecule has 3 aromatic rings. The van der Waals surface area contributed by atoms with Crippen molar-refractivity contribution in [2.24, 2.45) is 0 Å². The molecule has 2 N–H and O–H groups in total. The Balaban J connectivity index is 1.68. The third-order valence-electron chi connectivity index (χ3n) is 3.82. The summed E-state index contributed by atoms with van der Waals surface area (Å²) in [5.41, 5.74) is 1.54. The van der Waals surface area contributed by atoms with Gasteiger partial charge in [0.2, 0.25) is 5.91 Å². The fraction of sp³-hybridized carbons (Fsp3) is 0.143. The number of nitrogens with one attached hydrogen (secondary N) is 2. The summed E-state index contributed by atoms with van der Waals surface area (Å²) in [7, 11) is 0. The van der Waals surface area contributed by atoms with Crippen LogP contribution >= 0.6 is 11.3 Å². The number of anilines is 1. The molecule has 3 rings (SSSR count). The molecule has 0 fully saturated rings. The molecule has 1 aromatic heterocycles. The highest BCUT2D eigenvalue weighted by Crippen LogP contribution is 2.26. The second-order valence-corrected chi connectivity index (χ2v) is 6.87. The lowest BCUT2D eigenvalue weighted by Gasteiger charge is -2.18. The molecule has 138 valence electrons. The van der Waals surface area contributed by atoms with E-state index in [0.29, 0.717) is 11.4 Å². The van der Waals surface area contributed by atoms with Crippen LogP contribution in [0.5, 0.6) is 5.75 Å². The maximum atomic E-state index is 12.5. The van der Waals surface area contributed by atoms with E-state index < -0.39 is 0 Å². The van der Waals surface area contributed by atoms with Gasteiger partial charge in [-0.05, 0) is 29.1 Å². The monoisotopic (exact) mass is 380 g/mol. The highest BCUT2D eigenvalue weighted by molar-refractivity contribution is 7.10. The van der Waals surface area contributed by atoms with E-state index in [1.54, 1.807) is 35.6 Å². The number of rotatable bonds is 7. The molecular weight excluding hydrogens is 360 g/mol. The molecule has 0 aliphatic rings. The van der Waals surface area contributed by atoms with Crippen molar-refractivity contribution < 1.29 is 14.3 Å². The lowest BCUT2D eigenvalue weighted by molar-refractivity contribution is -0.123. The second-order valence-electron chi connectivity index (χ2n) is 5.89. The van der Waals surface area contributed by atoms with Crippen molar-refractivity contribution in [3.63, 3.8) is 0 Å². The molecule has 27 heavy (non-hydrogen) atoms. The van der Waals surface area contributed by atoms with Crippen molar-refractivity contribution in [2.75, 3.05) is 11.9 Å². The highest BCUT2D eigenvalue weighted by Gasteiger charge is 2.18. The van der Waals surface area contributed by atoms with E-state index in [4.69, 9.17) is 4.74 Å². The molecule has 1 heterocycles. The Morgan fingerprint density at radius 2 is 1.74 bits per heavy atom. The fourth-order valence-corrected chi connectivity index (χ4v) is 3.45. The van der Waals surface area contributed by atoms with Gasteiger partial charge in [-0.2, -0.15) is 0 Å². The van der Waals surface area contributed by atoms with Crippen molar-refractivity contribution >= 4 is 28.8 Å². The van der Waals surface area contributed by atoms with Crippen LogP contribution in [0.3, 0.4) is 0 Å². The van der Waals surface area contributed by atoms with Crippen LogP contribution in [0.1, 0.15) is 23.4 Å². The summed E-state index contributed by atoms with van der Waals surface area (Å²) >= 11 is 1.59. The van der Waals surface area contributed by atoms with Crippen LogP contribution in [0.2, 0.25) is 0 Å². The topological polar surface area (TPSA) is 67.4 Å². The minimum atomic E-state index is -0.241. The second kappa shape index (κ2) is 9.00. The minimum Gasteiger partial charge on any atom is -0.482 e. The van der Waals surface area contributed by atoms with Gasteiger partial charge in [-0.1, -0.05) is 48.5 Å². The Hall–Kier alpha value is -3.12. The van der Waals surface area contributed by atoms with Crippen molar-refractivity contribution in [3.8, 4) is 5.75 Å². The van der Waals surface area contributed by atoms with Gasteiger partial charge in [0.15, 0.2) is 6.61 Å². The number of carbonyl (C=O) groups excluding carboxylic acids is 2. The van der Waals surface area contributed by atoms with Crippen molar-refractivity contribution in [1.82, 2.24) is 5.32 Å². The number of amides is 2. The third kappa shape index (κ3) is 5.18. The van der Waals surface area contributed by atoms with Gasteiger partial charge in [0.25, 0.3) is 5.91 Å². The largest absolute Gasteiger partial charge is 0.482 e. The Morgan fingerprint density at radius 3 is 2.44 bits per heavy atom. The van der Waals surface area contributed by atoms with Gasteiger partial charge in [-0.15, -0.1) is 11.3 Å². The van der Waals surface area contributed by atoms with Crippen LogP contribution < -0.4 is 15.4 Å². The van der Waals surface area contributed by atoms with Crippen LogP contribution in [0.25, 0.3) is 0 Å². The SMILES string of the molecule is CC(=O)Nc1ccccc1OCC(=O)NC(c1ccccc1)c1cccs1. The average molecular weight is 380 g/mol. The Morgan fingerprint density at radius 1 is 1.00 bits per heavy atom. The Labute approximate surface area is 162 Å². The first-order chi connectivity index (χ1) is 13.1. The zero-order valence-corrected chi connectivity index (χ0v) is 15.7. The fourth-order valence-electron chi connectivity index (χ4n) is 2.65. The molecule has 0 saturated heterocycles. The number of hydrogen-bond acceptors (Lipinski definition) is 4. The maximum Gasteiger partial charge on any atom is 0.258 e. The van der Waals surface area contributed by atoms with Gasteiger partial charge in [-0.25, -0.2) is 0 Å². The molecule has 0 saturated carbocycles. The Bertz CT molecular complexity index is 895. The first kappa shape index (κ1) is 18.7. The standard InChI is InChI=1S/C21H20N2O3S/c1-15(24)22-17-10-5-6-11-18(17)26-14-20(25)23-21(19-12-7-13-27-19)16-8-3-2-4-9-16/h2-13,21H,14H2,1H3,(H,22,24)(H,23,25). The van der Waals surface area contributed by atoms with Crippen LogP contribution in [-0.4, -0.2) is 18.4 Å². The van der Waals surface area contributed by atoms with E-state index in [-0.39, 0.29) is 24.5 Å². The smallest absolute Gasteiger partial charge is 0.258 e. The maximum absolute atomic E-state index is 12.5. The van der Waals surface area contributed by atoms with Gasteiger partial charge < -0.3 is 15.4 Å². The third-order valence-corrected chi connectivity index (χ3v) is 4.76. The number of hydrogen-bond donors (Lipinski definition) is 2. The van der Waals surface area contributed by atoms with E-state index in [9.17, 15) is 9.59 Å². The Kier molecular flexibility index (Phi) is 6.22. The quantitative estimate of drug-likeness (QED) is 0.651. The van der Waals surface area contributed by atoms with Gasteiger partial charge in [0.1, 0.15) is 5.75 Å². The molecule has 1 unspecified atom stereocenters. The van der Waals surface area contributed by atoms with Gasteiger partial charge in [-0.3, -0.25) is 9.59 Å². The molecule has 0 radical (unpaired) electrons. The molecule has 0 bridgehead atoms. The van der Waals surface area contributed by atoms with Gasteiger partial charge in [0, 0.05) is 11.8 Å². The molecule has 0 spiro atoms. The summed E-state index contributed by atoms with van der Waals surface area (Å²) in [6.45, 7) is 1.28. The molecule has 2 amide bonds. The summed E-state index contributed by atoms with van der Waals surface area (Å²) in [5.74, 6) is 0.0162. The van der Waals surface area contributed by atoms with E-state index >= 15 is 0 Å². The molecule has 0 aliphatic carbocycles. The van der Waals surface area contributed by atoms with E-state index in [1.807, 2.05) is 47.8 Å². The summed E-state index contributed by atoms with van der Waals surface area (Å²) in [4.78, 5) is 24.9. The zero-order chi connectivity index (χ0) is 19.1. The first-order valence-electron chi connectivity index (χ1n) is 8.50. The number of para-hydroxylation sites is 2. The lowest BCUT2D eigenvalue weighted by Crippen LogP contribution is -2.33. The van der Waals surface area contributed by atoms with Crippen molar-refractivity contribution in [1.29, 1.82) is 0 Å². The number of benzene rings is 2. The first-order valence-corrected chi connectivity index (χ1v) is 9.38. The van der Waals surface area contributed by atoms with Gasteiger partial charge >= 0.3 is 0 Å². The van der Waals surface area contributed by atoms with E-state index in [1.165, 1.54) is 6.92 Å². The summed E-state index contributed by atoms with van der Waals surface area (Å²) in [6.07, 6.45) is 0. The van der Waals surface area contributed by atoms with Gasteiger partial charge in [0.05, 0.1) is 11.7 Å². The summed E-state index contributed by atoms with van der Waals surface area (Å²) in [6, 6.07) is 20.6. The molecule has 6 heteroatoms. The molecular formula is C21H20N2O3S. The van der Waals surface area contributed by atoms with Crippen LogP contribution in [-0.2, 0) is 9.59 Å². The number of carbonyl (C=O) groups is 2. The molecule has 0 aliphatic heterocycles. The zero-order valence-electron chi connectivity index (χ0n) is 14.8. The van der Waals surface area contributed by atoms with E-state index in [2.05, 4.69) is 10.6 Å². The summed E-state index contributed by atoms with van der Waals surface area (Å²) < 4.78 is 5.63. The van der Waals surface area contributed by atoms with Crippen LogP contribution in [0.4, 0.5) is 5.69 Å². The molecule has 2 aromatic carbocycles. The molecule has 5 nitrogen and oxygen atoms in total. The van der Waals surface area contributed by atoms with Crippen molar-refractivity contribution in [2.45, 2.75) is 13.0 Å². The predicted octanol–water partition coefficient (Wildman–Crippen LogP) is 3.99. The van der Waals surface area contributed by atoms with Crippen LogP contribution in [0.15, 0.2) is 72.1 Å². The number of thiophene rings is 1. The highest BCUT2D eigenvalue weighted by atomic mass is 32.1. The minimum absolute atomic E-state index is 0.148. The van der Waals surface area contributed by atoms with E-state index in [0.717, 1.165) is 10.4 Å². The lowest BCUT2D eigenvalue weighted by atomic mass is 10.1. The summed E-state index contributed by atoms with van der Waals surface area (Å²) in [5, 5.41) is 7.70. The number of ether oxygens (including phenoxy) is 1. The average Bonchev–Trinajstić information content (AvgIpc) is 3.20. The van der Waals surface area contributed by atoms with Crippen LogP contribution in [0, 0.1) is 0 Å².